The van der Waals surface area contributed by atoms with Crippen molar-refractivity contribution in [3.8, 4) is 17.2 Å². The quantitative estimate of drug-likeness (QED) is 0.293. The van der Waals surface area contributed by atoms with Gasteiger partial charge in [-0.1, -0.05) is 53.7 Å². The van der Waals surface area contributed by atoms with Gasteiger partial charge < -0.3 is 13.9 Å². The predicted molar refractivity (Wildman–Crippen MR) is 122 cm³/mol. The third-order valence-electron chi connectivity index (χ3n) is 4.93. The average molecular weight is 476 g/mol. The van der Waals surface area contributed by atoms with Gasteiger partial charge in [0.1, 0.15) is 17.1 Å². The van der Waals surface area contributed by atoms with Crippen LogP contribution < -0.4 is 14.9 Å². The fourth-order valence-electron chi connectivity index (χ4n) is 3.24. The van der Waals surface area contributed by atoms with Crippen LogP contribution in [0.1, 0.15) is 59.3 Å². The topological polar surface area (TPSA) is 65.7 Å². The number of rotatable bonds is 4. The van der Waals surface area contributed by atoms with Gasteiger partial charge in [0.15, 0.2) is 0 Å². The SMILES string of the molecule is CC(C)(C)CC(=O)Oc1ccc2c(=O)c(Oc3ccc(C(C)(C)C)cc3)c(C(F)(F)F)oc2c1. The summed E-state index contributed by atoms with van der Waals surface area (Å²) in [5, 5.41) is -0.134. The van der Waals surface area contributed by atoms with E-state index in [0.29, 0.717) is 0 Å². The molecule has 0 aliphatic carbocycles. The standard InChI is InChI=1S/C26H27F3O5/c1-24(2,3)14-20(30)32-17-11-12-18-19(13-17)34-23(26(27,28)29)22(21(18)31)33-16-9-7-15(8-10-16)25(4,5)6/h7-13H,14H2,1-6H3. The van der Waals surface area contributed by atoms with Gasteiger partial charge in [0.2, 0.25) is 11.2 Å². The van der Waals surface area contributed by atoms with Crippen LogP contribution in [0.25, 0.3) is 11.0 Å². The second-order valence-corrected chi connectivity index (χ2v) is 10.3. The molecule has 0 spiro atoms. The second kappa shape index (κ2) is 8.81. The van der Waals surface area contributed by atoms with Gasteiger partial charge in [-0.05, 0) is 40.7 Å². The van der Waals surface area contributed by atoms with Crippen molar-refractivity contribution in [1.82, 2.24) is 0 Å². The van der Waals surface area contributed by atoms with Crippen molar-refractivity contribution in [1.29, 1.82) is 0 Å². The molecule has 0 atom stereocenters. The largest absolute Gasteiger partial charge is 0.453 e. The summed E-state index contributed by atoms with van der Waals surface area (Å²) < 4.78 is 57.0. The lowest BCUT2D eigenvalue weighted by Gasteiger charge is -2.19. The minimum atomic E-state index is -4.99. The van der Waals surface area contributed by atoms with Crippen molar-refractivity contribution < 1.29 is 31.9 Å². The third-order valence-corrected chi connectivity index (χ3v) is 4.93. The molecule has 1 heterocycles. The number of ether oxygens (including phenoxy) is 2. The number of carbonyl (C=O) groups excluding carboxylic acids is 1. The van der Waals surface area contributed by atoms with Crippen LogP contribution in [-0.4, -0.2) is 5.97 Å². The van der Waals surface area contributed by atoms with Crippen LogP contribution in [0.15, 0.2) is 51.7 Å². The molecular weight excluding hydrogens is 449 g/mol. The molecule has 3 rings (SSSR count). The Morgan fingerprint density at radius 1 is 0.912 bits per heavy atom. The van der Waals surface area contributed by atoms with Crippen molar-refractivity contribution in [2.45, 2.75) is 59.6 Å². The fraction of sp³-hybridized carbons (Fsp3) is 0.385. The van der Waals surface area contributed by atoms with Crippen LogP contribution >= 0.6 is 0 Å². The minimum absolute atomic E-state index is 0.0236. The molecule has 0 N–H and O–H groups in total. The highest BCUT2D eigenvalue weighted by atomic mass is 19.4. The lowest BCUT2D eigenvalue weighted by molar-refractivity contribution is -0.154. The first-order chi connectivity index (χ1) is 15.5. The van der Waals surface area contributed by atoms with Crippen LogP contribution in [0.3, 0.4) is 0 Å². The molecule has 0 radical (unpaired) electrons. The molecule has 0 aliphatic heterocycles. The monoisotopic (exact) mass is 476 g/mol. The van der Waals surface area contributed by atoms with Gasteiger partial charge in [0.25, 0.3) is 5.76 Å². The summed E-state index contributed by atoms with van der Waals surface area (Å²) in [6, 6.07) is 10.1. The maximum absolute atomic E-state index is 13.8. The van der Waals surface area contributed by atoms with Crippen molar-refractivity contribution in [2.75, 3.05) is 0 Å². The van der Waals surface area contributed by atoms with Crippen molar-refractivity contribution in [3.63, 3.8) is 0 Å². The van der Waals surface area contributed by atoms with Gasteiger partial charge >= 0.3 is 12.1 Å². The lowest BCUT2D eigenvalue weighted by atomic mass is 9.87. The summed E-state index contributed by atoms with van der Waals surface area (Å²) in [6.07, 6.45) is -4.89. The highest BCUT2D eigenvalue weighted by molar-refractivity contribution is 5.81. The smallest absolute Gasteiger partial charge is 0.449 e. The van der Waals surface area contributed by atoms with Gasteiger partial charge in [0, 0.05) is 6.07 Å². The van der Waals surface area contributed by atoms with Crippen LogP contribution in [0.4, 0.5) is 13.2 Å². The normalized spacial score (nSPS) is 12.6. The first-order valence-corrected chi connectivity index (χ1v) is 10.7. The Balaban J connectivity index is 2.03. The van der Waals surface area contributed by atoms with Crippen LogP contribution in [0.5, 0.6) is 17.2 Å². The summed E-state index contributed by atoms with van der Waals surface area (Å²) in [4.78, 5) is 25.0. The third kappa shape index (κ3) is 5.98. The highest BCUT2D eigenvalue weighted by Crippen LogP contribution is 2.39. The predicted octanol–water partition coefficient (Wildman–Crippen LogP) is 7.24. The number of carbonyl (C=O) groups is 1. The summed E-state index contributed by atoms with van der Waals surface area (Å²) >= 11 is 0. The van der Waals surface area contributed by atoms with E-state index in [4.69, 9.17) is 13.9 Å². The van der Waals surface area contributed by atoms with Crippen LogP contribution in [0.2, 0.25) is 0 Å². The summed E-state index contributed by atoms with van der Waals surface area (Å²) in [5.74, 6) is -3.03. The zero-order chi connectivity index (χ0) is 25.5. The molecule has 0 bridgehead atoms. The molecule has 182 valence electrons. The molecule has 0 saturated carbocycles. The van der Waals surface area contributed by atoms with E-state index in [1.807, 2.05) is 41.5 Å². The number of halogens is 3. The number of esters is 1. The maximum Gasteiger partial charge on any atom is 0.453 e. The second-order valence-electron chi connectivity index (χ2n) is 10.3. The van der Waals surface area contributed by atoms with E-state index in [9.17, 15) is 22.8 Å². The minimum Gasteiger partial charge on any atom is -0.449 e. The van der Waals surface area contributed by atoms with E-state index >= 15 is 0 Å². The number of alkyl halides is 3. The molecule has 0 fully saturated rings. The highest BCUT2D eigenvalue weighted by Gasteiger charge is 2.40. The molecule has 1 aromatic heterocycles. The van der Waals surface area contributed by atoms with Crippen molar-refractivity contribution >= 4 is 16.9 Å². The van der Waals surface area contributed by atoms with Gasteiger partial charge in [-0.25, -0.2) is 0 Å². The molecule has 5 nitrogen and oxygen atoms in total. The molecule has 3 aromatic rings. The van der Waals surface area contributed by atoms with E-state index in [1.165, 1.54) is 24.3 Å². The van der Waals surface area contributed by atoms with E-state index in [-0.39, 0.29) is 39.7 Å². The van der Waals surface area contributed by atoms with Gasteiger partial charge in [-0.15, -0.1) is 0 Å². The molecule has 8 heteroatoms. The summed E-state index contributed by atoms with van der Waals surface area (Å²) in [7, 11) is 0. The molecule has 0 aliphatic rings. The average Bonchev–Trinajstić information content (AvgIpc) is 2.67. The molecule has 0 unspecified atom stereocenters. The molecule has 34 heavy (non-hydrogen) atoms. The molecule has 0 saturated heterocycles. The van der Waals surface area contributed by atoms with Gasteiger partial charge in [-0.2, -0.15) is 13.2 Å². The number of benzene rings is 2. The fourth-order valence-corrected chi connectivity index (χ4v) is 3.24. The first kappa shape index (κ1) is 25.3. The number of hydrogen-bond acceptors (Lipinski definition) is 5. The number of hydrogen-bond donors (Lipinski definition) is 0. The summed E-state index contributed by atoms with van der Waals surface area (Å²) in [6.45, 7) is 11.5. The molecular formula is C26H27F3O5. The van der Waals surface area contributed by atoms with E-state index in [0.717, 1.165) is 11.6 Å². The van der Waals surface area contributed by atoms with E-state index in [2.05, 4.69) is 0 Å². The van der Waals surface area contributed by atoms with Gasteiger partial charge in [-0.3, -0.25) is 9.59 Å². The Bertz CT molecular complexity index is 1260. The van der Waals surface area contributed by atoms with E-state index in [1.54, 1.807) is 12.1 Å². The Labute approximate surface area is 195 Å². The van der Waals surface area contributed by atoms with Crippen LogP contribution in [-0.2, 0) is 16.4 Å². The zero-order valence-electron chi connectivity index (χ0n) is 19.9. The Morgan fingerprint density at radius 2 is 1.50 bits per heavy atom. The number of fused-ring (bicyclic) bond motifs is 1. The van der Waals surface area contributed by atoms with Crippen molar-refractivity contribution in [2.24, 2.45) is 5.41 Å². The first-order valence-electron chi connectivity index (χ1n) is 10.7. The Hall–Kier alpha value is -3.29. The zero-order valence-corrected chi connectivity index (χ0v) is 19.9. The lowest BCUT2D eigenvalue weighted by Crippen LogP contribution is -2.18. The Morgan fingerprint density at radius 3 is 2.03 bits per heavy atom. The Kier molecular flexibility index (Phi) is 6.57. The molecule has 0 amide bonds. The van der Waals surface area contributed by atoms with Crippen LogP contribution in [0, 0.1) is 5.41 Å². The van der Waals surface area contributed by atoms with Crippen molar-refractivity contribution in [3.05, 3.63) is 64.0 Å². The van der Waals surface area contributed by atoms with E-state index < -0.39 is 29.1 Å². The summed E-state index contributed by atoms with van der Waals surface area (Å²) in [5.41, 5.74) is -0.891. The maximum atomic E-state index is 13.8. The van der Waals surface area contributed by atoms with Gasteiger partial charge in [0.05, 0.1) is 11.8 Å². The molecule has 2 aromatic carbocycles.